The molecule has 3 nitrogen and oxygen atoms in total. The van der Waals surface area contributed by atoms with E-state index in [4.69, 9.17) is 0 Å². The van der Waals surface area contributed by atoms with Crippen molar-refractivity contribution in [3.63, 3.8) is 0 Å². The molecule has 10 heteroatoms. The SMILES string of the molecule is Cl.FC(F)(F)Oc1ccccc1[C@@H](N1CCNCC1)C(F)(F)F. The van der Waals surface area contributed by atoms with Gasteiger partial charge in [0.05, 0.1) is 0 Å². The minimum Gasteiger partial charge on any atom is -0.405 e. The Kier molecular flexibility index (Phi) is 6.55. The van der Waals surface area contributed by atoms with Gasteiger partial charge in [-0.15, -0.1) is 25.6 Å². The Hall–Kier alpha value is -1.19. The first-order valence-electron chi connectivity index (χ1n) is 6.54. The zero-order valence-electron chi connectivity index (χ0n) is 11.7. The van der Waals surface area contributed by atoms with E-state index < -0.39 is 29.9 Å². The summed E-state index contributed by atoms with van der Waals surface area (Å²) in [6.07, 6.45) is -9.75. The fourth-order valence-corrected chi connectivity index (χ4v) is 2.44. The fraction of sp³-hybridized carbons (Fsp3) is 0.538. The van der Waals surface area contributed by atoms with Crippen molar-refractivity contribution < 1.29 is 31.1 Å². The summed E-state index contributed by atoms with van der Waals surface area (Å²) in [6, 6.07) is 2.24. The standard InChI is InChI=1S/C13H14F6N2O.ClH/c14-12(15,16)11(21-7-5-20-6-8-21)9-3-1-2-4-10(9)22-13(17,18)19;/h1-4,11,20H,5-8H2;1H/t11-;/m1./s1. The zero-order chi connectivity index (χ0) is 16.4. The average Bonchev–Trinajstić information content (AvgIpc) is 2.39. The summed E-state index contributed by atoms with van der Waals surface area (Å²) in [5.41, 5.74) is -0.533. The van der Waals surface area contributed by atoms with E-state index in [-0.39, 0.29) is 25.5 Å². The maximum atomic E-state index is 13.4. The lowest BCUT2D eigenvalue weighted by atomic mass is 10.0. The van der Waals surface area contributed by atoms with Gasteiger partial charge in [-0.2, -0.15) is 13.2 Å². The summed E-state index contributed by atoms with van der Waals surface area (Å²) in [5.74, 6) is -0.823. The molecule has 0 saturated carbocycles. The van der Waals surface area contributed by atoms with Crippen molar-refractivity contribution in [3.05, 3.63) is 29.8 Å². The van der Waals surface area contributed by atoms with Crippen LogP contribution in [0.5, 0.6) is 5.75 Å². The number of rotatable bonds is 3. The molecule has 1 heterocycles. The maximum Gasteiger partial charge on any atom is 0.573 e. The quantitative estimate of drug-likeness (QED) is 0.831. The number of halogens is 7. The summed E-state index contributed by atoms with van der Waals surface area (Å²) in [6.45, 7) is 0.860. The molecule has 1 fully saturated rings. The van der Waals surface area contributed by atoms with Gasteiger partial charge in [0.1, 0.15) is 11.8 Å². The Morgan fingerprint density at radius 1 is 1.00 bits per heavy atom. The molecule has 0 unspecified atom stereocenters. The van der Waals surface area contributed by atoms with Gasteiger partial charge >= 0.3 is 12.5 Å². The van der Waals surface area contributed by atoms with E-state index in [0.717, 1.165) is 17.0 Å². The number of hydrogen-bond acceptors (Lipinski definition) is 3. The molecule has 0 aromatic heterocycles. The molecule has 1 atom stereocenters. The first-order chi connectivity index (χ1) is 10.2. The van der Waals surface area contributed by atoms with Crippen LogP contribution in [0.15, 0.2) is 24.3 Å². The van der Waals surface area contributed by atoms with E-state index in [1.807, 2.05) is 0 Å². The normalized spacial score (nSPS) is 18.2. The molecule has 0 aliphatic carbocycles. The predicted octanol–water partition coefficient (Wildman–Crippen LogP) is 3.52. The van der Waals surface area contributed by atoms with E-state index in [0.29, 0.717) is 13.1 Å². The number of alkyl halides is 6. The molecule has 23 heavy (non-hydrogen) atoms. The molecular formula is C13H15ClF6N2O. The van der Waals surface area contributed by atoms with Crippen LogP contribution < -0.4 is 10.1 Å². The van der Waals surface area contributed by atoms with E-state index >= 15 is 0 Å². The van der Waals surface area contributed by atoms with Crippen LogP contribution in [0, 0.1) is 0 Å². The molecule has 2 rings (SSSR count). The summed E-state index contributed by atoms with van der Waals surface area (Å²) in [4.78, 5) is 1.11. The molecule has 132 valence electrons. The smallest absolute Gasteiger partial charge is 0.405 e. The Morgan fingerprint density at radius 3 is 2.09 bits per heavy atom. The molecule has 0 radical (unpaired) electrons. The lowest BCUT2D eigenvalue weighted by Crippen LogP contribution is -2.49. The zero-order valence-corrected chi connectivity index (χ0v) is 12.6. The first-order valence-corrected chi connectivity index (χ1v) is 6.54. The molecular weight excluding hydrogens is 350 g/mol. The Bertz CT molecular complexity index is 502. The number of hydrogen-bond donors (Lipinski definition) is 1. The third kappa shape index (κ3) is 5.43. The molecule has 1 aliphatic rings. The highest BCUT2D eigenvalue weighted by Gasteiger charge is 2.47. The van der Waals surface area contributed by atoms with E-state index in [9.17, 15) is 26.3 Å². The topological polar surface area (TPSA) is 24.5 Å². The third-order valence-corrected chi connectivity index (χ3v) is 3.27. The summed E-state index contributed by atoms with van der Waals surface area (Å²) < 4.78 is 81.2. The van der Waals surface area contributed by atoms with Crippen LogP contribution in [0.1, 0.15) is 11.6 Å². The second kappa shape index (κ2) is 7.59. The number of nitrogens with zero attached hydrogens (tertiary/aromatic N) is 1. The first kappa shape index (κ1) is 19.9. The van der Waals surface area contributed by atoms with Gasteiger partial charge in [-0.1, -0.05) is 18.2 Å². The van der Waals surface area contributed by atoms with Crippen molar-refractivity contribution in [2.24, 2.45) is 0 Å². The molecule has 0 amide bonds. The van der Waals surface area contributed by atoms with Gasteiger partial charge in [-0.05, 0) is 6.07 Å². The van der Waals surface area contributed by atoms with Crippen LogP contribution in [0.4, 0.5) is 26.3 Å². The highest BCUT2D eigenvalue weighted by molar-refractivity contribution is 5.85. The van der Waals surface area contributed by atoms with Crippen LogP contribution in [-0.2, 0) is 0 Å². The lowest BCUT2D eigenvalue weighted by Gasteiger charge is -2.36. The minimum atomic E-state index is -5.05. The van der Waals surface area contributed by atoms with Crippen LogP contribution in [-0.4, -0.2) is 43.6 Å². The molecule has 1 N–H and O–H groups in total. The van der Waals surface area contributed by atoms with Gasteiger partial charge in [-0.25, -0.2) is 0 Å². The Balaban J connectivity index is 0.00000264. The molecule has 1 saturated heterocycles. The lowest BCUT2D eigenvalue weighted by molar-refractivity contribution is -0.275. The van der Waals surface area contributed by atoms with Gasteiger partial charge in [0.15, 0.2) is 0 Å². The molecule has 1 aromatic carbocycles. The van der Waals surface area contributed by atoms with Gasteiger partial charge in [-0.3, -0.25) is 4.90 Å². The van der Waals surface area contributed by atoms with E-state index in [1.54, 1.807) is 0 Å². The summed E-state index contributed by atoms with van der Waals surface area (Å²) >= 11 is 0. The number of para-hydroxylation sites is 1. The predicted molar refractivity (Wildman–Crippen MR) is 73.6 cm³/mol. The van der Waals surface area contributed by atoms with Crippen LogP contribution in [0.3, 0.4) is 0 Å². The Morgan fingerprint density at radius 2 is 1.57 bits per heavy atom. The summed E-state index contributed by atoms with van der Waals surface area (Å²) in [7, 11) is 0. The Labute approximate surface area is 135 Å². The average molecular weight is 365 g/mol. The number of piperazine rings is 1. The van der Waals surface area contributed by atoms with Crippen LogP contribution >= 0.6 is 12.4 Å². The molecule has 1 aliphatic heterocycles. The van der Waals surface area contributed by atoms with Crippen molar-refractivity contribution in [1.82, 2.24) is 10.2 Å². The van der Waals surface area contributed by atoms with Crippen LogP contribution in [0.2, 0.25) is 0 Å². The number of ether oxygens (including phenoxy) is 1. The maximum absolute atomic E-state index is 13.4. The van der Waals surface area contributed by atoms with Crippen LogP contribution in [0.25, 0.3) is 0 Å². The van der Waals surface area contributed by atoms with Gasteiger partial charge in [0, 0.05) is 31.7 Å². The second-order valence-corrected chi connectivity index (χ2v) is 4.82. The van der Waals surface area contributed by atoms with Gasteiger partial charge in [0.25, 0.3) is 0 Å². The third-order valence-electron chi connectivity index (χ3n) is 3.27. The van der Waals surface area contributed by atoms with Crippen molar-refractivity contribution >= 4 is 12.4 Å². The molecule has 0 spiro atoms. The van der Waals surface area contributed by atoms with Gasteiger partial charge in [0.2, 0.25) is 0 Å². The summed E-state index contributed by atoms with van der Waals surface area (Å²) in [5, 5.41) is 2.91. The minimum absolute atomic E-state index is 0. The van der Waals surface area contributed by atoms with Crippen molar-refractivity contribution in [2.45, 2.75) is 18.6 Å². The fourth-order valence-electron chi connectivity index (χ4n) is 2.44. The monoisotopic (exact) mass is 364 g/mol. The highest BCUT2D eigenvalue weighted by atomic mass is 35.5. The van der Waals surface area contributed by atoms with Crippen molar-refractivity contribution in [1.29, 1.82) is 0 Å². The second-order valence-electron chi connectivity index (χ2n) is 4.82. The number of nitrogens with one attached hydrogen (secondary N) is 1. The van der Waals surface area contributed by atoms with Crippen molar-refractivity contribution in [3.8, 4) is 5.75 Å². The van der Waals surface area contributed by atoms with Crippen molar-refractivity contribution in [2.75, 3.05) is 26.2 Å². The van der Waals surface area contributed by atoms with Gasteiger partial charge < -0.3 is 10.1 Å². The highest BCUT2D eigenvalue weighted by Crippen LogP contribution is 2.42. The molecule has 0 bridgehead atoms. The largest absolute Gasteiger partial charge is 0.573 e. The number of benzene rings is 1. The van der Waals surface area contributed by atoms with E-state index in [2.05, 4.69) is 10.1 Å². The molecule has 1 aromatic rings. The van der Waals surface area contributed by atoms with E-state index in [1.165, 1.54) is 12.1 Å².